The number of aromatic amines is 1. The number of halogens is 2. The molecule has 0 saturated heterocycles. The summed E-state index contributed by atoms with van der Waals surface area (Å²) in [5, 5.41) is 5.30. The second kappa shape index (κ2) is 4.03. The van der Waals surface area contributed by atoms with Crippen molar-refractivity contribution in [2.75, 3.05) is 12.3 Å². The Hall–Kier alpha value is -1.66. The Kier molecular flexibility index (Phi) is 3.00. The molecule has 5 nitrogen and oxygen atoms in total. The minimum atomic E-state index is -2.83. The summed E-state index contributed by atoms with van der Waals surface area (Å²) in [5.74, 6) is -1.17. The molecule has 0 aliphatic rings. The number of ether oxygens (including phenoxy) is 1. The van der Waals surface area contributed by atoms with E-state index in [1.165, 1.54) is 0 Å². The minimum absolute atomic E-state index is 0.0894. The van der Waals surface area contributed by atoms with Crippen LogP contribution in [0.1, 0.15) is 29.4 Å². The number of nitrogen functional groups attached to an aromatic ring is 1. The van der Waals surface area contributed by atoms with E-state index in [0.717, 1.165) is 0 Å². The molecule has 1 rings (SSSR count). The molecule has 0 atom stereocenters. The average Bonchev–Trinajstić information content (AvgIpc) is 2.47. The zero-order chi connectivity index (χ0) is 10.7. The van der Waals surface area contributed by atoms with E-state index < -0.39 is 18.1 Å². The lowest BCUT2D eigenvalue weighted by Crippen LogP contribution is -2.09. The topological polar surface area (TPSA) is 81.0 Å². The number of nitrogens with two attached hydrogens (primary N) is 1. The second-order valence-corrected chi connectivity index (χ2v) is 2.42. The van der Waals surface area contributed by atoms with E-state index in [1.54, 1.807) is 6.92 Å². The fourth-order valence-corrected chi connectivity index (χ4v) is 0.946. The Morgan fingerprint density at radius 3 is 2.86 bits per heavy atom. The number of aromatic nitrogens is 2. The van der Waals surface area contributed by atoms with Crippen molar-refractivity contribution < 1.29 is 18.3 Å². The molecule has 0 fully saturated rings. The first-order valence-corrected chi connectivity index (χ1v) is 3.87. The molecule has 14 heavy (non-hydrogen) atoms. The normalized spacial score (nSPS) is 10.6. The Labute approximate surface area is 78.2 Å². The monoisotopic (exact) mass is 205 g/mol. The third-order valence-corrected chi connectivity index (χ3v) is 1.52. The molecule has 1 heterocycles. The van der Waals surface area contributed by atoms with Gasteiger partial charge in [-0.05, 0) is 6.92 Å². The summed E-state index contributed by atoms with van der Waals surface area (Å²) in [6, 6.07) is 0. The van der Waals surface area contributed by atoms with Gasteiger partial charge in [-0.15, -0.1) is 0 Å². The number of nitrogens with zero attached hydrogens (tertiary/aromatic N) is 1. The Balaban J connectivity index is 3.04. The van der Waals surface area contributed by atoms with Gasteiger partial charge in [0.25, 0.3) is 6.43 Å². The number of rotatable bonds is 3. The number of carbonyl (C=O) groups is 1. The minimum Gasteiger partial charge on any atom is -0.462 e. The van der Waals surface area contributed by atoms with Gasteiger partial charge in [-0.3, -0.25) is 5.10 Å². The third-order valence-electron chi connectivity index (χ3n) is 1.52. The summed E-state index contributed by atoms with van der Waals surface area (Å²) in [7, 11) is 0. The lowest BCUT2D eigenvalue weighted by molar-refractivity contribution is 0.0516. The predicted octanol–water partition coefficient (Wildman–Crippen LogP) is 1.11. The van der Waals surface area contributed by atoms with Crippen LogP contribution in [0.2, 0.25) is 0 Å². The van der Waals surface area contributed by atoms with Gasteiger partial charge in [0.2, 0.25) is 0 Å². The first kappa shape index (κ1) is 10.4. The number of H-pyrrole nitrogens is 1. The van der Waals surface area contributed by atoms with Crippen LogP contribution in [0, 0.1) is 0 Å². The van der Waals surface area contributed by atoms with E-state index in [0.29, 0.717) is 0 Å². The molecule has 0 saturated carbocycles. The van der Waals surface area contributed by atoms with Crippen molar-refractivity contribution >= 4 is 11.8 Å². The van der Waals surface area contributed by atoms with E-state index in [4.69, 9.17) is 5.73 Å². The number of esters is 1. The summed E-state index contributed by atoms with van der Waals surface area (Å²) in [5.41, 5.74) is 4.24. The SMILES string of the molecule is CCOC(=O)c1c(N)n[nH]c1C(F)F. The summed E-state index contributed by atoms with van der Waals surface area (Å²) < 4.78 is 29.2. The van der Waals surface area contributed by atoms with Crippen LogP contribution in [-0.2, 0) is 4.74 Å². The number of carbonyl (C=O) groups excluding carboxylic acids is 1. The van der Waals surface area contributed by atoms with Crippen LogP contribution in [0.15, 0.2) is 0 Å². The highest BCUT2D eigenvalue weighted by molar-refractivity contribution is 5.95. The molecule has 0 unspecified atom stereocenters. The highest BCUT2D eigenvalue weighted by atomic mass is 19.3. The molecule has 0 radical (unpaired) electrons. The zero-order valence-corrected chi connectivity index (χ0v) is 7.38. The molecule has 1 aromatic heterocycles. The Bertz CT molecular complexity index is 338. The van der Waals surface area contributed by atoms with Crippen LogP contribution >= 0.6 is 0 Å². The van der Waals surface area contributed by atoms with Crippen molar-refractivity contribution in [2.24, 2.45) is 0 Å². The van der Waals surface area contributed by atoms with Gasteiger partial charge in [-0.25, -0.2) is 13.6 Å². The highest BCUT2D eigenvalue weighted by Gasteiger charge is 2.25. The first-order chi connectivity index (χ1) is 6.57. The lowest BCUT2D eigenvalue weighted by Gasteiger charge is -2.02. The predicted molar refractivity (Wildman–Crippen MR) is 43.9 cm³/mol. The first-order valence-electron chi connectivity index (χ1n) is 3.87. The number of nitrogens with one attached hydrogen (secondary N) is 1. The van der Waals surface area contributed by atoms with E-state index in [-0.39, 0.29) is 18.0 Å². The van der Waals surface area contributed by atoms with Crippen molar-refractivity contribution in [3.63, 3.8) is 0 Å². The average molecular weight is 205 g/mol. The van der Waals surface area contributed by atoms with E-state index in [9.17, 15) is 13.6 Å². The lowest BCUT2D eigenvalue weighted by atomic mass is 10.2. The van der Waals surface area contributed by atoms with Gasteiger partial charge in [-0.1, -0.05) is 0 Å². The van der Waals surface area contributed by atoms with Crippen LogP contribution in [0.4, 0.5) is 14.6 Å². The van der Waals surface area contributed by atoms with Gasteiger partial charge in [0.1, 0.15) is 11.3 Å². The molecule has 3 N–H and O–H groups in total. The molecule has 0 amide bonds. The van der Waals surface area contributed by atoms with Crippen molar-refractivity contribution in [1.82, 2.24) is 10.2 Å². The smallest absolute Gasteiger partial charge is 0.344 e. The maximum absolute atomic E-state index is 12.3. The van der Waals surface area contributed by atoms with Gasteiger partial charge in [0, 0.05) is 0 Å². The van der Waals surface area contributed by atoms with Crippen LogP contribution in [-0.4, -0.2) is 22.8 Å². The number of hydrogen-bond donors (Lipinski definition) is 2. The summed E-state index contributed by atoms with van der Waals surface area (Å²) >= 11 is 0. The Morgan fingerprint density at radius 2 is 2.36 bits per heavy atom. The van der Waals surface area contributed by atoms with Gasteiger partial charge < -0.3 is 10.5 Å². The summed E-state index contributed by atoms with van der Waals surface area (Å²) in [4.78, 5) is 11.2. The maximum Gasteiger partial charge on any atom is 0.344 e. The molecule has 0 spiro atoms. The van der Waals surface area contributed by atoms with Crippen LogP contribution < -0.4 is 5.73 Å². The van der Waals surface area contributed by atoms with Crippen LogP contribution in [0.3, 0.4) is 0 Å². The molecule has 0 aromatic carbocycles. The summed E-state index contributed by atoms with van der Waals surface area (Å²) in [6.45, 7) is 1.66. The molecule has 78 valence electrons. The van der Waals surface area contributed by atoms with Crippen molar-refractivity contribution in [3.8, 4) is 0 Å². The molecular formula is C7H9F2N3O2. The molecule has 1 aromatic rings. The molecule has 0 aliphatic carbocycles. The fraction of sp³-hybridized carbons (Fsp3) is 0.429. The molecule has 0 bridgehead atoms. The highest BCUT2D eigenvalue weighted by Crippen LogP contribution is 2.24. The van der Waals surface area contributed by atoms with E-state index in [1.807, 2.05) is 5.10 Å². The van der Waals surface area contributed by atoms with Crippen molar-refractivity contribution in [3.05, 3.63) is 11.3 Å². The number of hydrogen-bond acceptors (Lipinski definition) is 4. The van der Waals surface area contributed by atoms with E-state index in [2.05, 4.69) is 9.84 Å². The molecule has 0 aliphatic heterocycles. The fourth-order valence-electron chi connectivity index (χ4n) is 0.946. The van der Waals surface area contributed by atoms with Gasteiger partial charge in [0.05, 0.1) is 6.61 Å². The number of anilines is 1. The van der Waals surface area contributed by atoms with Crippen molar-refractivity contribution in [1.29, 1.82) is 0 Å². The number of alkyl halides is 2. The standard InChI is InChI=1S/C7H9F2N3O2/c1-2-14-7(13)3-4(5(8)9)11-12-6(3)10/h5H,2H2,1H3,(H3,10,11,12). The largest absolute Gasteiger partial charge is 0.462 e. The zero-order valence-electron chi connectivity index (χ0n) is 7.38. The van der Waals surface area contributed by atoms with Gasteiger partial charge in [-0.2, -0.15) is 5.10 Å². The third kappa shape index (κ3) is 1.81. The molecular weight excluding hydrogens is 196 g/mol. The van der Waals surface area contributed by atoms with Crippen LogP contribution in [0.25, 0.3) is 0 Å². The van der Waals surface area contributed by atoms with E-state index >= 15 is 0 Å². The van der Waals surface area contributed by atoms with Gasteiger partial charge >= 0.3 is 5.97 Å². The molecule has 7 heteroatoms. The second-order valence-electron chi connectivity index (χ2n) is 2.42. The van der Waals surface area contributed by atoms with Crippen LogP contribution in [0.5, 0.6) is 0 Å². The maximum atomic E-state index is 12.3. The summed E-state index contributed by atoms with van der Waals surface area (Å²) in [6.07, 6.45) is -2.83. The van der Waals surface area contributed by atoms with Crippen molar-refractivity contribution in [2.45, 2.75) is 13.3 Å². The Morgan fingerprint density at radius 1 is 1.71 bits per heavy atom. The quantitative estimate of drug-likeness (QED) is 0.724. The van der Waals surface area contributed by atoms with Gasteiger partial charge in [0.15, 0.2) is 5.82 Å².